The third kappa shape index (κ3) is 4.36. The molecule has 0 saturated carbocycles. The zero-order valence-corrected chi connectivity index (χ0v) is 27.1. The van der Waals surface area contributed by atoms with Gasteiger partial charge in [-0.15, -0.1) is 0 Å². The highest BCUT2D eigenvalue weighted by Crippen LogP contribution is 2.49. The summed E-state index contributed by atoms with van der Waals surface area (Å²) in [5.41, 5.74) is 10.4. The Kier molecular flexibility index (Phi) is 6.37. The van der Waals surface area contributed by atoms with Gasteiger partial charge < -0.3 is 9.52 Å². The number of hydrogen-bond donors (Lipinski definition) is 1. The van der Waals surface area contributed by atoms with Gasteiger partial charge in [0.15, 0.2) is 11.3 Å². The lowest BCUT2D eigenvalue weighted by Crippen LogP contribution is -1.93. The van der Waals surface area contributed by atoms with E-state index in [-0.39, 0.29) is 5.75 Å². The van der Waals surface area contributed by atoms with Crippen molar-refractivity contribution >= 4 is 54.3 Å². The molecule has 10 aromatic rings. The van der Waals surface area contributed by atoms with Gasteiger partial charge in [0, 0.05) is 10.8 Å². The minimum atomic E-state index is 0.135. The highest BCUT2D eigenvalue weighted by Gasteiger charge is 2.23. The average molecular weight is 639 g/mol. The predicted octanol–water partition coefficient (Wildman–Crippen LogP) is 13.4. The van der Waals surface area contributed by atoms with Crippen molar-refractivity contribution in [2.75, 3.05) is 0 Å². The van der Waals surface area contributed by atoms with Crippen molar-refractivity contribution in [1.82, 2.24) is 0 Å². The Labute approximate surface area is 289 Å². The monoisotopic (exact) mass is 638 g/mol. The summed E-state index contributed by atoms with van der Waals surface area (Å²) in [5, 5.41) is 20.2. The fourth-order valence-electron chi connectivity index (χ4n) is 7.91. The van der Waals surface area contributed by atoms with E-state index < -0.39 is 0 Å². The third-order valence-electron chi connectivity index (χ3n) is 10.1. The first-order chi connectivity index (χ1) is 24.7. The highest BCUT2D eigenvalue weighted by atomic mass is 16.4. The molecular formula is C48H30O2. The molecule has 0 aliphatic rings. The largest absolute Gasteiger partial charge is 0.504 e. The molecule has 1 heterocycles. The molecular weight excluding hydrogens is 609 g/mol. The Morgan fingerprint density at radius 1 is 0.360 bits per heavy atom. The van der Waals surface area contributed by atoms with Gasteiger partial charge in [-0.25, -0.2) is 0 Å². The summed E-state index contributed by atoms with van der Waals surface area (Å²) in [5.74, 6) is 0.135. The van der Waals surface area contributed by atoms with E-state index in [2.05, 4.69) is 152 Å². The van der Waals surface area contributed by atoms with Gasteiger partial charge >= 0.3 is 0 Å². The van der Waals surface area contributed by atoms with Gasteiger partial charge in [0.2, 0.25) is 0 Å². The molecule has 0 unspecified atom stereocenters. The summed E-state index contributed by atoms with van der Waals surface area (Å²) in [7, 11) is 0. The lowest BCUT2D eigenvalue weighted by molar-refractivity contribution is 0.469. The standard InChI is InChI=1S/C48H30O2/c49-43-26-25-41(47-40-24-23-32(29-44(40)50-48(43)47)30-13-3-1-4-14-30)45-36-19-9-11-21-38(36)46(39-22-12-10-20-37(39)45)42-28-34(31-15-5-2-6-16-31)27-33-17-7-8-18-35(33)42/h1-29,49H. The zero-order valence-electron chi connectivity index (χ0n) is 27.1. The Morgan fingerprint density at radius 3 is 1.54 bits per heavy atom. The molecule has 0 spiro atoms. The quantitative estimate of drug-likeness (QED) is 0.195. The highest BCUT2D eigenvalue weighted by molar-refractivity contribution is 6.27. The maximum Gasteiger partial charge on any atom is 0.177 e. The smallest absolute Gasteiger partial charge is 0.177 e. The van der Waals surface area contributed by atoms with Gasteiger partial charge in [-0.3, -0.25) is 0 Å². The van der Waals surface area contributed by atoms with Gasteiger partial charge in [0.05, 0.1) is 0 Å². The van der Waals surface area contributed by atoms with E-state index in [0.29, 0.717) is 5.58 Å². The summed E-state index contributed by atoms with van der Waals surface area (Å²) in [6.07, 6.45) is 0. The van der Waals surface area contributed by atoms with Gasteiger partial charge in [0.25, 0.3) is 0 Å². The second kappa shape index (κ2) is 11.2. The summed E-state index contributed by atoms with van der Waals surface area (Å²) in [4.78, 5) is 0. The molecule has 50 heavy (non-hydrogen) atoms. The van der Waals surface area contributed by atoms with Crippen LogP contribution in [0.2, 0.25) is 0 Å². The van der Waals surface area contributed by atoms with Crippen LogP contribution in [0, 0.1) is 0 Å². The van der Waals surface area contributed by atoms with Crippen molar-refractivity contribution < 1.29 is 9.52 Å². The zero-order chi connectivity index (χ0) is 33.2. The van der Waals surface area contributed by atoms with Crippen LogP contribution in [0.1, 0.15) is 0 Å². The lowest BCUT2D eigenvalue weighted by atomic mass is 9.83. The van der Waals surface area contributed by atoms with Gasteiger partial charge in [0.1, 0.15) is 5.58 Å². The molecule has 0 bridgehead atoms. The minimum Gasteiger partial charge on any atom is -0.504 e. The van der Waals surface area contributed by atoms with Gasteiger partial charge in [-0.1, -0.05) is 140 Å². The number of phenols is 1. The van der Waals surface area contributed by atoms with Crippen molar-refractivity contribution in [3.8, 4) is 50.3 Å². The molecule has 0 aliphatic heterocycles. The van der Waals surface area contributed by atoms with Crippen molar-refractivity contribution in [2.45, 2.75) is 0 Å². The number of fused-ring (bicyclic) bond motifs is 6. The van der Waals surface area contributed by atoms with Crippen molar-refractivity contribution in [1.29, 1.82) is 0 Å². The van der Waals surface area contributed by atoms with E-state index >= 15 is 0 Å². The maximum absolute atomic E-state index is 11.2. The first-order valence-corrected chi connectivity index (χ1v) is 17.0. The SMILES string of the molecule is Oc1ccc(-c2c3ccccc3c(-c3cc(-c4ccccc4)cc4ccccc34)c3ccccc23)c2c1oc1cc(-c3ccccc3)ccc12. The molecule has 10 rings (SSSR count). The van der Waals surface area contributed by atoms with Crippen molar-refractivity contribution in [2.24, 2.45) is 0 Å². The summed E-state index contributed by atoms with van der Waals surface area (Å²) >= 11 is 0. The maximum atomic E-state index is 11.2. The minimum absolute atomic E-state index is 0.135. The van der Waals surface area contributed by atoms with Crippen LogP contribution in [-0.2, 0) is 0 Å². The van der Waals surface area contributed by atoms with E-state index in [1.165, 1.54) is 43.8 Å². The number of aromatic hydroxyl groups is 1. The molecule has 9 aromatic carbocycles. The van der Waals surface area contributed by atoms with E-state index in [1.54, 1.807) is 6.07 Å². The first kappa shape index (κ1) is 28.4. The molecule has 2 heteroatoms. The van der Waals surface area contributed by atoms with E-state index in [4.69, 9.17) is 4.42 Å². The fraction of sp³-hybridized carbons (Fsp3) is 0. The Bertz CT molecular complexity index is 2860. The van der Waals surface area contributed by atoms with Crippen LogP contribution in [-0.4, -0.2) is 5.11 Å². The molecule has 0 atom stereocenters. The normalized spacial score (nSPS) is 11.7. The summed E-state index contributed by atoms with van der Waals surface area (Å²) in [6.45, 7) is 0. The molecule has 2 nitrogen and oxygen atoms in total. The van der Waals surface area contributed by atoms with Crippen molar-refractivity contribution in [3.05, 3.63) is 176 Å². The second-order valence-corrected chi connectivity index (χ2v) is 13.0. The second-order valence-electron chi connectivity index (χ2n) is 13.0. The van der Waals surface area contributed by atoms with Crippen LogP contribution in [0.25, 0.3) is 98.8 Å². The third-order valence-corrected chi connectivity index (χ3v) is 10.1. The van der Waals surface area contributed by atoms with E-state index in [1.807, 2.05) is 18.2 Å². The lowest BCUT2D eigenvalue weighted by Gasteiger charge is -2.20. The Hall–Kier alpha value is -6.64. The number of rotatable bonds is 4. The number of hydrogen-bond acceptors (Lipinski definition) is 2. The number of phenolic OH excluding ortho intramolecular Hbond substituents is 1. The summed E-state index contributed by atoms with van der Waals surface area (Å²) in [6, 6.07) is 62.0. The van der Waals surface area contributed by atoms with Crippen LogP contribution < -0.4 is 0 Å². The fourth-order valence-corrected chi connectivity index (χ4v) is 7.91. The average Bonchev–Trinajstić information content (AvgIpc) is 3.58. The molecule has 234 valence electrons. The molecule has 0 amide bonds. The molecule has 0 radical (unpaired) electrons. The number of benzene rings is 9. The van der Waals surface area contributed by atoms with E-state index in [0.717, 1.165) is 49.4 Å². The van der Waals surface area contributed by atoms with Crippen LogP contribution in [0.4, 0.5) is 0 Å². The predicted molar refractivity (Wildman–Crippen MR) is 210 cm³/mol. The van der Waals surface area contributed by atoms with Gasteiger partial charge in [-0.2, -0.15) is 0 Å². The molecule has 0 aliphatic carbocycles. The number of furan rings is 1. The van der Waals surface area contributed by atoms with Crippen LogP contribution >= 0.6 is 0 Å². The molecule has 0 saturated heterocycles. The van der Waals surface area contributed by atoms with Crippen LogP contribution in [0.5, 0.6) is 5.75 Å². The van der Waals surface area contributed by atoms with E-state index in [9.17, 15) is 5.11 Å². The first-order valence-electron chi connectivity index (χ1n) is 17.0. The van der Waals surface area contributed by atoms with Gasteiger partial charge in [-0.05, 0) is 113 Å². The Morgan fingerprint density at radius 2 is 0.900 bits per heavy atom. The van der Waals surface area contributed by atoms with Crippen LogP contribution in [0.15, 0.2) is 180 Å². The topological polar surface area (TPSA) is 33.4 Å². The van der Waals surface area contributed by atoms with Crippen LogP contribution in [0.3, 0.4) is 0 Å². The summed E-state index contributed by atoms with van der Waals surface area (Å²) < 4.78 is 6.48. The molecule has 1 aromatic heterocycles. The Balaban J connectivity index is 1.30. The molecule has 0 fully saturated rings. The van der Waals surface area contributed by atoms with Crippen molar-refractivity contribution in [3.63, 3.8) is 0 Å². The molecule has 1 N–H and O–H groups in total.